The summed E-state index contributed by atoms with van der Waals surface area (Å²) in [5.74, 6) is 0. The second-order valence-corrected chi connectivity index (χ2v) is 0. The Morgan fingerprint density at radius 3 is 1.00 bits per heavy atom. The van der Waals surface area contributed by atoms with Gasteiger partial charge in [-0.3, -0.25) is 0 Å². The SMILES string of the molecule is O.O.[AlH3].[Ca+2].[H-].[H-]. The molecular weight excluding hydrogens is 99.1 g/mol. The largest absolute Gasteiger partial charge is 2.00 e. The topological polar surface area (TPSA) is 63.0 Å². The number of hydrogen-bond acceptors (Lipinski definition) is 0. The van der Waals surface area contributed by atoms with Crippen LogP contribution in [0, 0.1) is 0 Å². The van der Waals surface area contributed by atoms with Crippen LogP contribution in [-0.2, 0) is 0 Å². The predicted molar refractivity (Wildman–Crippen MR) is 25.1 cm³/mol. The monoisotopic (exact) mass is 108 g/mol. The molecule has 2 nitrogen and oxygen atoms in total. The Morgan fingerprint density at radius 1 is 1.00 bits per heavy atom. The summed E-state index contributed by atoms with van der Waals surface area (Å²) >= 11 is 0. The third-order valence-corrected chi connectivity index (χ3v) is 0. The second kappa shape index (κ2) is 22.2. The zero-order valence-corrected chi connectivity index (χ0v) is 3.92. The third kappa shape index (κ3) is 9.31. The van der Waals surface area contributed by atoms with Gasteiger partial charge < -0.3 is 13.8 Å². The van der Waals surface area contributed by atoms with Crippen molar-refractivity contribution in [1.82, 2.24) is 0 Å². The summed E-state index contributed by atoms with van der Waals surface area (Å²) in [6, 6.07) is 0. The fourth-order valence-electron chi connectivity index (χ4n) is 0. The fourth-order valence-corrected chi connectivity index (χ4v) is 0. The molecule has 4 heteroatoms. The summed E-state index contributed by atoms with van der Waals surface area (Å²) in [7, 11) is 0. The molecule has 4 N–H and O–H groups in total. The van der Waals surface area contributed by atoms with Crippen LogP contribution in [0.1, 0.15) is 2.85 Å². The third-order valence-electron chi connectivity index (χ3n) is 0. The molecule has 0 aliphatic heterocycles. The van der Waals surface area contributed by atoms with Gasteiger partial charge in [0.25, 0.3) is 0 Å². The van der Waals surface area contributed by atoms with Gasteiger partial charge in [-0.25, -0.2) is 0 Å². The molecule has 0 aromatic carbocycles. The minimum absolute atomic E-state index is 0. The number of rotatable bonds is 0. The Morgan fingerprint density at radius 2 is 1.00 bits per heavy atom. The van der Waals surface area contributed by atoms with Crippen LogP contribution in [0.25, 0.3) is 0 Å². The van der Waals surface area contributed by atoms with Crippen LogP contribution in [0.3, 0.4) is 0 Å². The van der Waals surface area contributed by atoms with Crippen molar-refractivity contribution in [3.8, 4) is 0 Å². The van der Waals surface area contributed by atoms with Gasteiger partial charge in [0.2, 0.25) is 0 Å². The average molecular weight is 108 g/mol. The molecular formula is H9AlCaO2. The standard InChI is InChI=1S/Al.Ca.2H2O.5H/h;;2*1H2;;;;;/q;+2;;;;;;2*-1. The first-order chi connectivity index (χ1) is 0. The van der Waals surface area contributed by atoms with E-state index in [1.807, 2.05) is 0 Å². The molecule has 0 unspecified atom stereocenters. The molecule has 0 bridgehead atoms. The van der Waals surface area contributed by atoms with Gasteiger partial charge in [-0.1, -0.05) is 0 Å². The summed E-state index contributed by atoms with van der Waals surface area (Å²) in [6.45, 7) is 0. The van der Waals surface area contributed by atoms with E-state index in [-0.39, 0.29) is 68.9 Å². The molecule has 0 saturated carbocycles. The van der Waals surface area contributed by atoms with Crippen molar-refractivity contribution >= 4 is 55.1 Å². The predicted octanol–water partition coefficient (Wildman–Crippen LogP) is -2.99. The zero-order valence-electron chi connectivity index (χ0n) is 3.71. The van der Waals surface area contributed by atoms with Crippen LogP contribution in [0.2, 0.25) is 0 Å². The van der Waals surface area contributed by atoms with Crippen LogP contribution in [0.4, 0.5) is 0 Å². The molecule has 0 fully saturated rings. The Labute approximate surface area is 68.3 Å². The van der Waals surface area contributed by atoms with Gasteiger partial charge in [-0.05, 0) is 0 Å². The Bertz CT molecular complexity index is 11.5. The quantitative estimate of drug-likeness (QED) is 0.297. The Hall–Kier alpha value is 1.71. The van der Waals surface area contributed by atoms with Crippen LogP contribution >= 0.6 is 0 Å². The molecule has 0 spiro atoms. The van der Waals surface area contributed by atoms with Crippen molar-refractivity contribution in [2.45, 2.75) is 0 Å². The molecule has 0 heterocycles. The summed E-state index contributed by atoms with van der Waals surface area (Å²) < 4.78 is 0. The van der Waals surface area contributed by atoms with Gasteiger partial charge in [-0.15, -0.1) is 0 Å². The molecule has 26 valence electrons. The Kier molecular flexibility index (Phi) is 240. The van der Waals surface area contributed by atoms with Crippen LogP contribution in [0.15, 0.2) is 0 Å². The van der Waals surface area contributed by atoms with Crippen molar-refractivity contribution in [3.63, 3.8) is 0 Å². The molecule has 0 aromatic rings. The Balaban J connectivity index is 0. The zero-order chi connectivity index (χ0) is 0. The summed E-state index contributed by atoms with van der Waals surface area (Å²) in [4.78, 5) is 0. The van der Waals surface area contributed by atoms with Gasteiger partial charge >= 0.3 is 37.7 Å². The van der Waals surface area contributed by atoms with Gasteiger partial charge in [-0.2, -0.15) is 0 Å². The second-order valence-electron chi connectivity index (χ2n) is 0. The fraction of sp³-hybridized carbons (Fsp3) is 0. The van der Waals surface area contributed by atoms with Crippen molar-refractivity contribution in [2.24, 2.45) is 0 Å². The van der Waals surface area contributed by atoms with Crippen molar-refractivity contribution in [1.29, 1.82) is 0 Å². The van der Waals surface area contributed by atoms with E-state index in [1.54, 1.807) is 0 Å². The van der Waals surface area contributed by atoms with Gasteiger partial charge in [0.05, 0.1) is 0 Å². The molecule has 0 rings (SSSR count). The van der Waals surface area contributed by atoms with Crippen LogP contribution in [-0.4, -0.2) is 66.1 Å². The molecule has 0 saturated heterocycles. The molecule has 0 atom stereocenters. The summed E-state index contributed by atoms with van der Waals surface area (Å²) in [5.41, 5.74) is 0. The van der Waals surface area contributed by atoms with Gasteiger partial charge in [0.1, 0.15) is 0 Å². The van der Waals surface area contributed by atoms with E-state index in [2.05, 4.69) is 0 Å². The van der Waals surface area contributed by atoms with Crippen molar-refractivity contribution in [3.05, 3.63) is 0 Å². The van der Waals surface area contributed by atoms with Crippen LogP contribution in [0.5, 0.6) is 0 Å². The molecule has 0 aliphatic rings. The molecule has 0 aliphatic carbocycles. The molecule has 0 radical (unpaired) electrons. The van der Waals surface area contributed by atoms with Gasteiger partial charge in [0.15, 0.2) is 17.4 Å². The van der Waals surface area contributed by atoms with E-state index >= 15 is 0 Å². The van der Waals surface area contributed by atoms with Crippen molar-refractivity contribution in [2.75, 3.05) is 0 Å². The van der Waals surface area contributed by atoms with E-state index in [1.165, 1.54) is 0 Å². The average Bonchev–Trinajstić information content (AvgIpc) is 0. The van der Waals surface area contributed by atoms with Crippen LogP contribution < -0.4 is 0 Å². The minimum Gasteiger partial charge on any atom is -1.00 e. The molecule has 0 amide bonds. The normalized spacial score (nSPS) is 0. The van der Waals surface area contributed by atoms with E-state index in [4.69, 9.17) is 0 Å². The van der Waals surface area contributed by atoms with E-state index in [0.717, 1.165) is 0 Å². The maximum atomic E-state index is 0. The van der Waals surface area contributed by atoms with E-state index in [9.17, 15) is 0 Å². The first-order valence-corrected chi connectivity index (χ1v) is 0. The van der Waals surface area contributed by atoms with Crippen molar-refractivity contribution < 1.29 is 13.8 Å². The number of hydrogen-bond donors (Lipinski definition) is 0. The maximum Gasteiger partial charge on any atom is 2.00 e. The summed E-state index contributed by atoms with van der Waals surface area (Å²) in [6.07, 6.45) is 0. The van der Waals surface area contributed by atoms with Gasteiger partial charge in [0, 0.05) is 0 Å². The van der Waals surface area contributed by atoms with E-state index < -0.39 is 0 Å². The first-order valence-electron chi connectivity index (χ1n) is 0. The molecule has 4 heavy (non-hydrogen) atoms. The maximum absolute atomic E-state index is 0. The smallest absolute Gasteiger partial charge is 1.00 e. The minimum atomic E-state index is 0. The first kappa shape index (κ1) is 43.3. The van der Waals surface area contributed by atoms with E-state index in [0.29, 0.717) is 0 Å². The summed E-state index contributed by atoms with van der Waals surface area (Å²) in [5, 5.41) is 0. The molecule has 0 aromatic heterocycles.